The number of methoxy groups -OCH3 is 1. The lowest BCUT2D eigenvalue weighted by Crippen LogP contribution is -2.26. The lowest BCUT2D eigenvalue weighted by Gasteiger charge is -2.09. The van der Waals surface area contributed by atoms with Crippen LogP contribution in [0.1, 0.15) is 18.1 Å². The molecule has 0 heterocycles. The molecule has 0 unspecified atom stereocenters. The van der Waals surface area contributed by atoms with Crippen molar-refractivity contribution in [1.29, 1.82) is 0 Å². The number of carbonyl (C=O) groups excluding carboxylic acids is 1. The van der Waals surface area contributed by atoms with E-state index in [9.17, 15) is 4.79 Å². The van der Waals surface area contributed by atoms with Crippen LogP contribution in [0, 0.1) is 0 Å². The fourth-order valence-corrected chi connectivity index (χ4v) is 2.08. The van der Waals surface area contributed by atoms with Crippen molar-refractivity contribution in [2.45, 2.75) is 13.5 Å². The Kier molecular flexibility index (Phi) is 7.31. The number of oxime groups is 1. The Morgan fingerprint density at radius 2 is 1.96 bits per heavy atom. The summed E-state index contributed by atoms with van der Waals surface area (Å²) in [6, 6.07) is 15.1. The molecular formula is C19H22N2O4. The minimum absolute atomic E-state index is 0.141. The van der Waals surface area contributed by atoms with Crippen molar-refractivity contribution in [3.05, 3.63) is 59.7 Å². The van der Waals surface area contributed by atoms with Crippen LogP contribution >= 0.6 is 0 Å². The first-order valence-electron chi connectivity index (χ1n) is 7.99. The van der Waals surface area contributed by atoms with Crippen LogP contribution in [0.25, 0.3) is 0 Å². The molecule has 1 amide bonds. The molecule has 2 aromatic carbocycles. The van der Waals surface area contributed by atoms with Gasteiger partial charge in [0.2, 0.25) is 0 Å². The second kappa shape index (κ2) is 9.97. The standard InChI is InChI=1S/C19H22N2O4/c1-3-24-17-10-9-16(11-18(17)23-2)13-21-25-14-19(22)20-12-15-7-5-4-6-8-15/h4-11,13H,3,12,14H2,1-2H3,(H,20,22)/b21-13-. The number of benzene rings is 2. The molecule has 6 nitrogen and oxygen atoms in total. The van der Waals surface area contributed by atoms with Crippen molar-refractivity contribution >= 4 is 12.1 Å². The molecule has 0 aliphatic carbocycles. The van der Waals surface area contributed by atoms with Crippen LogP contribution < -0.4 is 14.8 Å². The highest BCUT2D eigenvalue weighted by Gasteiger charge is 2.04. The van der Waals surface area contributed by atoms with Crippen LogP contribution in [0.3, 0.4) is 0 Å². The van der Waals surface area contributed by atoms with E-state index in [0.29, 0.717) is 24.7 Å². The lowest BCUT2D eigenvalue weighted by molar-refractivity contribution is -0.125. The average molecular weight is 342 g/mol. The van der Waals surface area contributed by atoms with Crippen LogP contribution in [-0.4, -0.2) is 32.4 Å². The summed E-state index contributed by atoms with van der Waals surface area (Å²) < 4.78 is 10.7. The van der Waals surface area contributed by atoms with E-state index in [0.717, 1.165) is 11.1 Å². The third kappa shape index (κ3) is 6.18. The van der Waals surface area contributed by atoms with Gasteiger partial charge in [0.25, 0.3) is 5.91 Å². The van der Waals surface area contributed by atoms with Crippen molar-refractivity contribution in [3.63, 3.8) is 0 Å². The van der Waals surface area contributed by atoms with Crippen LogP contribution in [0.4, 0.5) is 0 Å². The van der Waals surface area contributed by atoms with Gasteiger partial charge in [-0.15, -0.1) is 0 Å². The Balaban J connectivity index is 1.77. The van der Waals surface area contributed by atoms with Crippen LogP contribution in [0.5, 0.6) is 11.5 Å². The Morgan fingerprint density at radius 3 is 2.68 bits per heavy atom. The SMILES string of the molecule is CCOc1ccc(/C=N\OCC(=O)NCc2ccccc2)cc1OC. The molecule has 132 valence electrons. The van der Waals surface area contributed by atoms with Crippen LogP contribution in [0.2, 0.25) is 0 Å². The number of ether oxygens (including phenoxy) is 2. The maximum absolute atomic E-state index is 11.7. The maximum Gasteiger partial charge on any atom is 0.261 e. The van der Waals surface area contributed by atoms with Gasteiger partial charge in [-0.25, -0.2) is 0 Å². The summed E-state index contributed by atoms with van der Waals surface area (Å²) in [4.78, 5) is 16.7. The first-order valence-corrected chi connectivity index (χ1v) is 7.99. The van der Waals surface area contributed by atoms with Crippen molar-refractivity contribution in [2.75, 3.05) is 20.3 Å². The number of hydrogen-bond donors (Lipinski definition) is 1. The zero-order valence-corrected chi connectivity index (χ0v) is 14.4. The Hall–Kier alpha value is -3.02. The number of nitrogens with one attached hydrogen (secondary N) is 1. The molecule has 0 bridgehead atoms. The molecule has 6 heteroatoms. The maximum atomic E-state index is 11.7. The monoisotopic (exact) mass is 342 g/mol. The Morgan fingerprint density at radius 1 is 1.16 bits per heavy atom. The fourth-order valence-electron chi connectivity index (χ4n) is 2.08. The molecule has 25 heavy (non-hydrogen) atoms. The van der Waals surface area contributed by atoms with E-state index in [1.165, 1.54) is 6.21 Å². The molecule has 0 aliphatic heterocycles. The minimum atomic E-state index is -0.231. The summed E-state index contributed by atoms with van der Waals surface area (Å²) in [5.41, 5.74) is 1.81. The normalized spacial score (nSPS) is 10.5. The highest BCUT2D eigenvalue weighted by atomic mass is 16.6. The van der Waals surface area contributed by atoms with Crippen molar-refractivity contribution in [1.82, 2.24) is 5.32 Å². The summed E-state index contributed by atoms with van der Waals surface area (Å²) in [7, 11) is 1.58. The topological polar surface area (TPSA) is 69.2 Å². The molecule has 0 aromatic heterocycles. The predicted octanol–water partition coefficient (Wildman–Crippen LogP) is 2.76. The van der Waals surface area contributed by atoms with Gasteiger partial charge in [0.1, 0.15) is 0 Å². The number of carbonyl (C=O) groups is 1. The second-order valence-electron chi connectivity index (χ2n) is 5.11. The molecule has 2 rings (SSSR count). The van der Waals surface area contributed by atoms with Crippen LogP contribution in [0.15, 0.2) is 53.7 Å². The van der Waals surface area contributed by atoms with E-state index >= 15 is 0 Å². The van der Waals surface area contributed by atoms with Gasteiger partial charge in [0, 0.05) is 12.1 Å². The smallest absolute Gasteiger partial charge is 0.261 e. The minimum Gasteiger partial charge on any atom is -0.493 e. The Bertz CT molecular complexity index is 702. The summed E-state index contributed by atoms with van der Waals surface area (Å²) in [5.74, 6) is 1.06. The van der Waals surface area contributed by atoms with Gasteiger partial charge in [-0.1, -0.05) is 35.5 Å². The molecular weight excluding hydrogens is 320 g/mol. The summed E-state index contributed by atoms with van der Waals surface area (Å²) in [6.07, 6.45) is 1.52. The van der Waals surface area contributed by atoms with Crippen molar-refractivity contribution in [2.24, 2.45) is 5.16 Å². The number of amides is 1. The molecule has 0 saturated heterocycles. The third-order valence-electron chi connectivity index (χ3n) is 3.29. The molecule has 0 radical (unpaired) electrons. The highest BCUT2D eigenvalue weighted by molar-refractivity contribution is 5.81. The Labute approximate surface area is 147 Å². The number of hydrogen-bond acceptors (Lipinski definition) is 5. The highest BCUT2D eigenvalue weighted by Crippen LogP contribution is 2.27. The van der Waals surface area contributed by atoms with E-state index < -0.39 is 0 Å². The summed E-state index contributed by atoms with van der Waals surface area (Å²) >= 11 is 0. The quantitative estimate of drug-likeness (QED) is 0.562. The van der Waals surface area contributed by atoms with Gasteiger partial charge in [-0.2, -0.15) is 0 Å². The predicted molar refractivity (Wildman–Crippen MR) is 96.0 cm³/mol. The molecule has 0 saturated carbocycles. The van der Waals surface area contributed by atoms with Gasteiger partial charge in [0.05, 0.1) is 19.9 Å². The van der Waals surface area contributed by atoms with E-state index in [-0.39, 0.29) is 12.5 Å². The fraction of sp³-hybridized carbons (Fsp3) is 0.263. The number of rotatable bonds is 9. The van der Waals surface area contributed by atoms with Gasteiger partial charge in [-0.05, 0) is 30.7 Å². The molecule has 0 spiro atoms. The van der Waals surface area contributed by atoms with E-state index in [4.69, 9.17) is 14.3 Å². The van der Waals surface area contributed by atoms with Crippen LogP contribution in [-0.2, 0) is 16.2 Å². The molecule has 0 fully saturated rings. The largest absolute Gasteiger partial charge is 0.493 e. The third-order valence-corrected chi connectivity index (χ3v) is 3.29. The zero-order valence-electron chi connectivity index (χ0n) is 14.4. The average Bonchev–Trinajstić information content (AvgIpc) is 2.65. The first-order chi connectivity index (χ1) is 12.2. The first kappa shape index (κ1) is 18.3. The van der Waals surface area contributed by atoms with Crippen molar-refractivity contribution < 1.29 is 19.1 Å². The molecule has 0 atom stereocenters. The van der Waals surface area contributed by atoms with E-state index in [1.807, 2.05) is 43.3 Å². The zero-order chi connectivity index (χ0) is 17.9. The summed E-state index contributed by atoms with van der Waals surface area (Å²) in [5, 5.41) is 6.57. The van der Waals surface area contributed by atoms with Gasteiger partial charge < -0.3 is 19.6 Å². The van der Waals surface area contributed by atoms with Gasteiger partial charge >= 0.3 is 0 Å². The van der Waals surface area contributed by atoms with E-state index in [2.05, 4.69) is 10.5 Å². The van der Waals surface area contributed by atoms with Gasteiger partial charge in [-0.3, -0.25) is 4.79 Å². The molecule has 0 aliphatic rings. The second-order valence-corrected chi connectivity index (χ2v) is 5.11. The van der Waals surface area contributed by atoms with E-state index in [1.54, 1.807) is 19.2 Å². The molecule has 2 aromatic rings. The molecule has 1 N–H and O–H groups in total. The number of nitrogens with zero attached hydrogens (tertiary/aromatic N) is 1. The summed E-state index contributed by atoms with van der Waals surface area (Å²) in [6.45, 7) is 2.79. The van der Waals surface area contributed by atoms with Crippen molar-refractivity contribution in [3.8, 4) is 11.5 Å². The lowest BCUT2D eigenvalue weighted by atomic mass is 10.2. The van der Waals surface area contributed by atoms with Gasteiger partial charge in [0.15, 0.2) is 18.1 Å².